The summed E-state index contributed by atoms with van der Waals surface area (Å²) in [5, 5.41) is 9.67. The van der Waals surface area contributed by atoms with Crippen LogP contribution in [0.4, 0.5) is 0 Å². The molecular weight excluding hydrogens is 174 g/mol. The van der Waals surface area contributed by atoms with Gasteiger partial charge in [-0.15, -0.1) is 0 Å². The van der Waals surface area contributed by atoms with E-state index in [4.69, 9.17) is 0 Å². The van der Waals surface area contributed by atoms with Gasteiger partial charge in [-0.1, -0.05) is 25.1 Å². The van der Waals surface area contributed by atoms with Crippen molar-refractivity contribution < 1.29 is 5.11 Å². The highest BCUT2D eigenvalue weighted by Gasteiger charge is 2.18. The number of nitrogens with zero attached hydrogens (tertiary/aromatic N) is 1. The Kier molecular flexibility index (Phi) is 2.73. The predicted molar refractivity (Wildman–Crippen MR) is 57.6 cm³/mol. The summed E-state index contributed by atoms with van der Waals surface area (Å²) in [7, 11) is 0. The van der Waals surface area contributed by atoms with E-state index in [1.807, 2.05) is 18.2 Å². The molecule has 1 saturated heterocycles. The van der Waals surface area contributed by atoms with Crippen LogP contribution >= 0.6 is 0 Å². The normalized spacial score (nSPS) is 18.9. The lowest BCUT2D eigenvalue weighted by atomic mass is 9.98. The molecule has 1 N–H and O–H groups in total. The number of hydrogen-bond acceptors (Lipinski definition) is 2. The zero-order valence-corrected chi connectivity index (χ0v) is 8.61. The summed E-state index contributed by atoms with van der Waals surface area (Å²) in [4.78, 5) is 2.43. The number of hydrogen-bond donors (Lipinski definition) is 1. The van der Waals surface area contributed by atoms with E-state index >= 15 is 0 Å². The molecule has 2 heteroatoms. The fourth-order valence-electron chi connectivity index (χ4n) is 1.95. The van der Waals surface area contributed by atoms with Crippen LogP contribution in [0.1, 0.15) is 24.8 Å². The van der Waals surface area contributed by atoms with Crippen molar-refractivity contribution in [2.24, 2.45) is 0 Å². The summed E-state index contributed by atoms with van der Waals surface area (Å²) in [5.41, 5.74) is 1.07. The smallest absolute Gasteiger partial charge is 0.119 e. The van der Waals surface area contributed by atoms with Gasteiger partial charge in [-0.2, -0.15) is 0 Å². The van der Waals surface area contributed by atoms with Crippen molar-refractivity contribution in [3.05, 3.63) is 29.8 Å². The Labute approximate surface area is 85.2 Å². The second-order valence-electron chi connectivity index (χ2n) is 4.11. The number of likely N-dealkylation sites (tertiary alicyclic amines) is 1. The molecule has 1 fully saturated rings. The molecule has 1 aromatic carbocycles. The first-order chi connectivity index (χ1) is 6.77. The third-order valence-electron chi connectivity index (χ3n) is 2.95. The summed E-state index contributed by atoms with van der Waals surface area (Å²) in [6.07, 6.45) is 1.33. The fourth-order valence-corrected chi connectivity index (χ4v) is 1.95. The van der Waals surface area contributed by atoms with Crippen LogP contribution in [-0.2, 0) is 0 Å². The molecule has 0 bridgehead atoms. The molecule has 0 aromatic heterocycles. The number of phenols is 1. The van der Waals surface area contributed by atoms with Gasteiger partial charge in [0.25, 0.3) is 0 Å². The lowest BCUT2D eigenvalue weighted by molar-refractivity contribution is 0.172. The van der Waals surface area contributed by atoms with Gasteiger partial charge >= 0.3 is 0 Å². The molecule has 1 atom stereocenters. The fraction of sp³-hybridized carbons (Fsp3) is 0.500. The molecule has 2 rings (SSSR count). The highest BCUT2D eigenvalue weighted by atomic mass is 16.3. The molecule has 1 aliphatic rings. The van der Waals surface area contributed by atoms with Gasteiger partial charge in [-0.3, -0.25) is 0 Å². The van der Waals surface area contributed by atoms with Crippen LogP contribution in [0.2, 0.25) is 0 Å². The Morgan fingerprint density at radius 2 is 2.07 bits per heavy atom. The number of benzene rings is 1. The van der Waals surface area contributed by atoms with Gasteiger partial charge in [0.1, 0.15) is 5.75 Å². The maximum Gasteiger partial charge on any atom is 0.119 e. The Hall–Kier alpha value is -1.02. The number of aromatic hydroxyl groups is 1. The van der Waals surface area contributed by atoms with Crippen molar-refractivity contribution in [2.45, 2.75) is 19.3 Å². The van der Waals surface area contributed by atoms with E-state index < -0.39 is 0 Å². The quantitative estimate of drug-likeness (QED) is 0.791. The Morgan fingerprint density at radius 3 is 2.64 bits per heavy atom. The van der Waals surface area contributed by atoms with Gasteiger partial charge in [0, 0.05) is 6.54 Å². The minimum Gasteiger partial charge on any atom is -0.508 e. The van der Waals surface area contributed by atoms with E-state index in [-0.39, 0.29) is 0 Å². The third-order valence-corrected chi connectivity index (χ3v) is 2.95. The van der Waals surface area contributed by atoms with E-state index in [0.29, 0.717) is 11.7 Å². The summed E-state index contributed by atoms with van der Waals surface area (Å²) in [5.74, 6) is 0.858. The Bertz CT molecular complexity index is 307. The zero-order chi connectivity index (χ0) is 9.97. The maximum absolute atomic E-state index is 9.67. The first-order valence-corrected chi connectivity index (χ1v) is 5.27. The highest BCUT2D eigenvalue weighted by Crippen LogP contribution is 2.26. The topological polar surface area (TPSA) is 23.5 Å². The van der Waals surface area contributed by atoms with Gasteiger partial charge in [0.15, 0.2) is 0 Å². The number of phenolic OH excluding ortho intramolecular Hbond substituents is 1. The predicted octanol–water partition coefficient (Wildman–Crippen LogP) is 2.20. The van der Waals surface area contributed by atoms with Crippen LogP contribution in [-0.4, -0.2) is 29.6 Å². The second kappa shape index (κ2) is 4.01. The van der Waals surface area contributed by atoms with Crippen molar-refractivity contribution in [3.63, 3.8) is 0 Å². The van der Waals surface area contributed by atoms with Gasteiger partial charge in [-0.05, 0) is 37.1 Å². The highest BCUT2D eigenvalue weighted by molar-refractivity contribution is 5.34. The van der Waals surface area contributed by atoms with Crippen LogP contribution in [0.25, 0.3) is 0 Å². The summed E-state index contributed by atoms with van der Waals surface area (Å²) in [6, 6.07) is 7.64. The Balaban J connectivity index is 2.02. The first kappa shape index (κ1) is 9.53. The lowest BCUT2D eigenvalue weighted by Gasteiger charge is -2.33. The van der Waals surface area contributed by atoms with Crippen LogP contribution in [0.5, 0.6) is 5.75 Å². The van der Waals surface area contributed by atoms with Crippen LogP contribution in [0, 0.1) is 0 Å². The van der Waals surface area contributed by atoms with Crippen LogP contribution < -0.4 is 0 Å². The molecule has 0 amide bonds. The average Bonchev–Trinajstić information content (AvgIpc) is 2.12. The van der Waals surface area contributed by atoms with Crippen molar-refractivity contribution in [1.29, 1.82) is 0 Å². The molecule has 1 aromatic rings. The molecular formula is C12H17NO. The van der Waals surface area contributed by atoms with E-state index in [9.17, 15) is 5.11 Å². The second-order valence-corrected chi connectivity index (χ2v) is 4.11. The molecule has 76 valence electrons. The standard InChI is InChI=1S/C12H17NO/c1-10(9-13-7-4-8-13)11-5-2-3-6-12(11)14/h2-3,5-6,10,14H,4,7-9H2,1H3. The van der Waals surface area contributed by atoms with E-state index in [0.717, 1.165) is 12.1 Å². The summed E-state index contributed by atoms with van der Waals surface area (Å²) in [6.45, 7) is 5.68. The Morgan fingerprint density at radius 1 is 1.36 bits per heavy atom. The van der Waals surface area contributed by atoms with Gasteiger partial charge < -0.3 is 10.0 Å². The molecule has 14 heavy (non-hydrogen) atoms. The van der Waals surface area contributed by atoms with Crippen molar-refractivity contribution >= 4 is 0 Å². The minimum absolute atomic E-state index is 0.427. The van der Waals surface area contributed by atoms with Crippen molar-refractivity contribution in [2.75, 3.05) is 19.6 Å². The monoisotopic (exact) mass is 191 g/mol. The van der Waals surface area contributed by atoms with E-state index in [2.05, 4.69) is 11.8 Å². The molecule has 1 unspecified atom stereocenters. The molecule has 2 nitrogen and oxygen atoms in total. The molecule has 1 aliphatic heterocycles. The summed E-state index contributed by atoms with van der Waals surface area (Å²) >= 11 is 0. The first-order valence-electron chi connectivity index (χ1n) is 5.27. The minimum atomic E-state index is 0.427. The maximum atomic E-state index is 9.67. The number of para-hydroxylation sites is 1. The molecule has 1 heterocycles. The van der Waals surface area contributed by atoms with E-state index in [1.54, 1.807) is 6.07 Å². The number of rotatable bonds is 3. The van der Waals surface area contributed by atoms with Gasteiger partial charge in [0.2, 0.25) is 0 Å². The largest absolute Gasteiger partial charge is 0.508 e. The van der Waals surface area contributed by atoms with E-state index in [1.165, 1.54) is 19.5 Å². The van der Waals surface area contributed by atoms with Gasteiger partial charge in [-0.25, -0.2) is 0 Å². The zero-order valence-electron chi connectivity index (χ0n) is 8.61. The van der Waals surface area contributed by atoms with Gasteiger partial charge in [0.05, 0.1) is 0 Å². The summed E-state index contributed by atoms with van der Waals surface area (Å²) < 4.78 is 0. The molecule has 0 radical (unpaired) electrons. The van der Waals surface area contributed by atoms with Crippen LogP contribution in [0.15, 0.2) is 24.3 Å². The van der Waals surface area contributed by atoms with Crippen molar-refractivity contribution in [3.8, 4) is 5.75 Å². The van der Waals surface area contributed by atoms with Crippen molar-refractivity contribution in [1.82, 2.24) is 4.90 Å². The lowest BCUT2D eigenvalue weighted by Crippen LogP contribution is -2.39. The third kappa shape index (κ3) is 1.90. The molecule has 0 spiro atoms. The molecule has 0 saturated carbocycles. The SMILES string of the molecule is CC(CN1CCC1)c1ccccc1O. The van der Waals surface area contributed by atoms with Crippen LogP contribution in [0.3, 0.4) is 0 Å². The molecule has 0 aliphatic carbocycles. The average molecular weight is 191 g/mol.